The van der Waals surface area contributed by atoms with Gasteiger partial charge in [0.2, 0.25) is 0 Å². The largest absolute Gasteiger partial charge is 0.352 e. The third-order valence-corrected chi connectivity index (χ3v) is 5.40. The van der Waals surface area contributed by atoms with Gasteiger partial charge in [0, 0.05) is 18.5 Å². The number of aryl methyl sites for hydroxylation is 2. The molecule has 0 aliphatic carbocycles. The Morgan fingerprint density at radius 1 is 1.03 bits per heavy atom. The van der Waals surface area contributed by atoms with E-state index in [0.717, 1.165) is 53.7 Å². The Labute approximate surface area is 172 Å². The number of aromatic nitrogens is 2. The summed E-state index contributed by atoms with van der Waals surface area (Å²) in [4.78, 5) is 29.0. The summed E-state index contributed by atoms with van der Waals surface area (Å²) in [5, 5.41) is 3.00. The fourth-order valence-electron chi connectivity index (χ4n) is 3.59. The number of hydrogen-bond acceptors (Lipinski definition) is 3. The zero-order valence-electron chi connectivity index (χ0n) is 17.4. The average molecular weight is 392 g/mol. The van der Waals surface area contributed by atoms with E-state index in [2.05, 4.69) is 9.88 Å². The van der Waals surface area contributed by atoms with E-state index in [0.29, 0.717) is 6.54 Å². The molecule has 1 amide bonds. The van der Waals surface area contributed by atoms with Crippen LogP contribution in [0.4, 0.5) is 0 Å². The van der Waals surface area contributed by atoms with E-state index in [1.807, 2.05) is 62.4 Å². The number of Topliss-reactive ketones (excluding diaryl/α,β-unsaturated/α-hetero) is 1. The number of imidazole rings is 1. The van der Waals surface area contributed by atoms with Gasteiger partial charge < -0.3 is 9.88 Å². The van der Waals surface area contributed by atoms with Crippen molar-refractivity contribution in [3.05, 3.63) is 65.5 Å². The Kier molecular flexibility index (Phi) is 6.81. The molecule has 0 spiro atoms. The lowest BCUT2D eigenvalue weighted by Gasteiger charge is -2.15. The molecule has 3 aromatic rings. The van der Waals surface area contributed by atoms with Gasteiger partial charge in [-0.2, -0.15) is 0 Å². The van der Waals surface area contributed by atoms with Gasteiger partial charge in [-0.25, -0.2) is 4.98 Å². The molecule has 1 atom stereocenters. The summed E-state index contributed by atoms with van der Waals surface area (Å²) >= 11 is 0. The Hall–Kier alpha value is -2.95. The van der Waals surface area contributed by atoms with E-state index in [9.17, 15) is 9.59 Å². The Balaban J connectivity index is 1.53. The number of unbranched alkanes of at least 4 members (excludes halogenated alkanes) is 2. The number of rotatable bonds is 9. The highest BCUT2D eigenvalue weighted by atomic mass is 16.1. The van der Waals surface area contributed by atoms with Crippen LogP contribution in [0.3, 0.4) is 0 Å². The molecule has 3 rings (SSSR count). The van der Waals surface area contributed by atoms with Crippen LogP contribution >= 0.6 is 0 Å². The summed E-state index contributed by atoms with van der Waals surface area (Å²) in [6.45, 7) is 6.16. The van der Waals surface area contributed by atoms with Crippen LogP contribution in [0.2, 0.25) is 0 Å². The van der Waals surface area contributed by atoms with Crippen molar-refractivity contribution in [2.24, 2.45) is 0 Å². The topological polar surface area (TPSA) is 64.0 Å². The summed E-state index contributed by atoms with van der Waals surface area (Å²) in [5.41, 5.74) is 3.67. The van der Waals surface area contributed by atoms with Gasteiger partial charge >= 0.3 is 0 Å². The minimum absolute atomic E-state index is 0.0137. The Bertz CT molecular complexity index is 1010. The highest BCUT2D eigenvalue weighted by Gasteiger charge is 2.18. The van der Waals surface area contributed by atoms with Gasteiger partial charge in [-0.05, 0) is 57.4 Å². The molecule has 1 N–H and O–H groups in total. The van der Waals surface area contributed by atoms with Crippen LogP contribution in [0.5, 0.6) is 0 Å². The van der Waals surface area contributed by atoms with Gasteiger partial charge in [0.1, 0.15) is 5.82 Å². The van der Waals surface area contributed by atoms with E-state index in [4.69, 9.17) is 4.98 Å². The fraction of sp³-hybridized carbons (Fsp3) is 0.375. The number of ketones is 1. The average Bonchev–Trinajstić information content (AvgIpc) is 3.08. The zero-order valence-corrected chi connectivity index (χ0v) is 17.4. The van der Waals surface area contributed by atoms with Crippen LogP contribution in [0.25, 0.3) is 11.0 Å². The standard InChI is InChI=1S/C24H29N3O2/c1-17-11-6-7-12-20(17)24(29)25-16-10-4-5-15-23-26-21-13-8-9-14-22(21)27(23)18(2)19(3)28/h6-9,11-14,18H,4-5,10,15-16H2,1-3H3,(H,25,29). The molecule has 1 heterocycles. The second-order valence-corrected chi connectivity index (χ2v) is 7.55. The van der Waals surface area contributed by atoms with Crippen LogP contribution in [0.1, 0.15) is 60.9 Å². The van der Waals surface area contributed by atoms with Gasteiger partial charge in [-0.3, -0.25) is 9.59 Å². The summed E-state index contributed by atoms with van der Waals surface area (Å²) in [6, 6.07) is 15.4. The monoisotopic (exact) mass is 391 g/mol. The van der Waals surface area contributed by atoms with Crippen LogP contribution in [0, 0.1) is 6.92 Å². The first-order chi connectivity index (χ1) is 14.0. The van der Waals surface area contributed by atoms with Crippen molar-refractivity contribution in [3.63, 3.8) is 0 Å². The maximum atomic E-state index is 12.2. The van der Waals surface area contributed by atoms with Gasteiger partial charge in [-0.1, -0.05) is 36.8 Å². The molecule has 0 radical (unpaired) electrons. The van der Waals surface area contributed by atoms with Crippen LogP contribution in [0.15, 0.2) is 48.5 Å². The van der Waals surface area contributed by atoms with Crippen LogP contribution < -0.4 is 5.32 Å². The highest BCUT2D eigenvalue weighted by molar-refractivity contribution is 5.95. The molecule has 0 saturated heterocycles. The molecule has 0 fully saturated rings. The SMILES string of the molecule is CC(=O)C(C)n1c(CCCCCNC(=O)c2ccccc2C)nc2ccccc21. The first-order valence-electron chi connectivity index (χ1n) is 10.3. The number of nitrogens with zero attached hydrogens (tertiary/aromatic N) is 2. The highest BCUT2D eigenvalue weighted by Crippen LogP contribution is 2.23. The number of carbonyl (C=O) groups is 2. The normalized spacial score (nSPS) is 12.1. The number of benzene rings is 2. The van der Waals surface area contributed by atoms with E-state index in [1.165, 1.54) is 0 Å². The quantitative estimate of drug-likeness (QED) is 0.541. The lowest BCUT2D eigenvalue weighted by Crippen LogP contribution is -2.25. The van der Waals surface area contributed by atoms with E-state index >= 15 is 0 Å². The number of fused-ring (bicyclic) bond motifs is 1. The molecule has 0 aliphatic rings. The lowest BCUT2D eigenvalue weighted by molar-refractivity contribution is -0.119. The predicted octanol–water partition coefficient (Wildman–Crippen LogP) is 4.64. The summed E-state index contributed by atoms with van der Waals surface area (Å²) < 4.78 is 2.07. The first-order valence-corrected chi connectivity index (χ1v) is 10.3. The van der Waals surface area contributed by atoms with Crippen molar-refractivity contribution in [3.8, 4) is 0 Å². The molecule has 1 unspecified atom stereocenters. The first kappa shape index (κ1) is 20.8. The van der Waals surface area contributed by atoms with Crippen molar-refractivity contribution in [1.82, 2.24) is 14.9 Å². The maximum absolute atomic E-state index is 12.2. The molecule has 1 aromatic heterocycles. The summed E-state index contributed by atoms with van der Waals surface area (Å²) in [7, 11) is 0. The molecular formula is C24H29N3O2. The van der Waals surface area contributed by atoms with E-state index in [1.54, 1.807) is 6.92 Å². The van der Waals surface area contributed by atoms with Crippen molar-refractivity contribution < 1.29 is 9.59 Å². The summed E-state index contributed by atoms with van der Waals surface area (Å²) in [5.74, 6) is 1.08. The van der Waals surface area contributed by atoms with Crippen LogP contribution in [-0.4, -0.2) is 27.8 Å². The third-order valence-electron chi connectivity index (χ3n) is 5.40. The lowest BCUT2D eigenvalue weighted by atomic mass is 10.1. The van der Waals surface area contributed by atoms with Crippen molar-refractivity contribution in [2.45, 2.75) is 52.5 Å². The maximum Gasteiger partial charge on any atom is 0.251 e. The van der Waals surface area contributed by atoms with E-state index in [-0.39, 0.29) is 17.7 Å². The van der Waals surface area contributed by atoms with Gasteiger partial charge in [0.15, 0.2) is 5.78 Å². The number of carbonyl (C=O) groups excluding carboxylic acids is 2. The molecule has 0 saturated carbocycles. The van der Waals surface area contributed by atoms with Gasteiger partial charge in [-0.15, -0.1) is 0 Å². The molecule has 2 aromatic carbocycles. The molecule has 5 heteroatoms. The van der Waals surface area contributed by atoms with Crippen molar-refractivity contribution in [1.29, 1.82) is 0 Å². The van der Waals surface area contributed by atoms with Crippen molar-refractivity contribution >= 4 is 22.7 Å². The van der Waals surface area contributed by atoms with E-state index < -0.39 is 0 Å². The van der Waals surface area contributed by atoms with Crippen LogP contribution in [-0.2, 0) is 11.2 Å². The van der Waals surface area contributed by atoms with Gasteiger partial charge in [0.25, 0.3) is 5.91 Å². The number of nitrogens with one attached hydrogen (secondary N) is 1. The molecule has 0 bridgehead atoms. The minimum atomic E-state index is -0.217. The predicted molar refractivity (Wildman–Crippen MR) is 116 cm³/mol. The smallest absolute Gasteiger partial charge is 0.251 e. The minimum Gasteiger partial charge on any atom is -0.352 e. The number of amides is 1. The van der Waals surface area contributed by atoms with Gasteiger partial charge in [0.05, 0.1) is 17.1 Å². The molecular weight excluding hydrogens is 362 g/mol. The number of hydrogen-bond donors (Lipinski definition) is 1. The zero-order chi connectivity index (χ0) is 20.8. The molecule has 0 aliphatic heterocycles. The molecule has 152 valence electrons. The molecule has 29 heavy (non-hydrogen) atoms. The second kappa shape index (κ2) is 9.50. The Morgan fingerprint density at radius 3 is 2.52 bits per heavy atom. The number of para-hydroxylation sites is 2. The Morgan fingerprint density at radius 2 is 1.76 bits per heavy atom. The third kappa shape index (κ3) is 4.91. The summed E-state index contributed by atoms with van der Waals surface area (Å²) in [6.07, 6.45) is 3.69. The second-order valence-electron chi connectivity index (χ2n) is 7.55. The van der Waals surface area contributed by atoms with Crippen molar-refractivity contribution in [2.75, 3.05) is 6.54 Å². The fourth-order valence-corrected chi connectivity index (χ4v) is 3.59. The molecule has 5 nitrogen and oxygen atoms in total.